The maximum atomic E-state index is 13.0. The third kappa shape index (κ3) is 4.60. The number of fused-ring (bicyclic) bond motifs is 1. The number of carbonyl (C=O) groups is 1. The van der Waals surface area contributed by atoms with Gasteiger partial charge in [0.2, 0.25) is 5.91 Å². The first kappa shape index (κ1) is 21.4. The number of nitrogens with zero attached hydrogens (tertiary/aromatic N) is 3. The molecule has 0 aliphatic carbocycles. The van der Waals surface area contributed by atoms with E-state index in [1.807, 2.05) is 6.07 Å². The van der Waals surface area contributed by atoms with Crippen molar-refractivity contribution in [2.45, 2.75) is 65.5 Å². The van der Waals surface area contributed by atoms with E-state index >= 15 is 0 Å². The number of aryl methyl sites for hydroxylation is 3. The zero-order chi connectivity index (χ0) is 21.8. The van der Waals surface area contributed by atoms with Gasteiger partial charge in [-0.2, -0.15) is 0 Å². The predicted octanol–water partition coefficient (Wildman–Crippen LogP) is 5.59. The van der Waals surface area contributed by atoms with Crippen LogP contribution in [0.3, 0.4) is 0 Å². The SMILES string of the molecule is CCn1c(C2CCCN2C(=O)CCCCOc2cc(C)ccc2C)nc2ccccc21. The number of aromatic nitrogens is 2. The van der Waals surface area contributed by atoms with Gasteiger partial charge in [-0.1, -0.05) is 24.3 Å². The van der Waals surface area contributed by atoms with Crippen molar-refractivity contribution in [3.63, 3.8) is 0 Å². The number of para-hydroxylation sites is 2. The second-order valence-electron chi connectivity index (χ2n) is 8.52. The Balaban J connectivity index is 1.34. The lowest BCUT2D eigenvalue weighted by atomic mass is 10.1. The summed E-state index contributed by atoms with van der Waals surface area (Å²) in [5, 5.41) is 0. The topological polar surface area (TPSA) is 47.4 Å². The minimum Gasteiger partial charge on any atom is -0.493 e. The first-order valence-corrected chi connectivity index (χ1v) is 11.5. The highest BCUT2D eigenvalue weighted by Gasteiger charge is 2.33. The van der Waals surface area contributed by atoms with Crippen LogP contribution in [0.5, 0.6) is 5.75 Å². The highest BCUT2D eigenvalue weighted by atomic mass is 16.5. The largest absolute Gasteiger partial charge is 0.493 e. The number of imidazole rings is 1. The van der Waals surface area contributed by atoms with E-state index in [0.29, 0.717) is 13.0 Å². The Morgan fingerprint density at radius 1 is 1.16 bits per heavy atom. The molecule has 31 heavy (non-hydrogen) atoms. The first-order chi connectivity index (χ1) is 15.1. The molecule has 1 aliphatic heterocycles. The molecule has 1 amide bonds. The molecule has 164 valence electrons. The fourth-order valence-corrected chi connectivity index (χ4v) is 4.58. The van der Waals surface area contributed by atoms with Crippen molar-refractivity contribution in [1.29, 1.82) is 0 Å². The maximum absolute atomic E-state index is 13.0. The number of ether oxygens (including phenoxy) is 1. The van der Waals surface area contributed by atoms with Gasteiger partial charge < -0.3 is 14.2 Å². The van der Waals surface area contributed by atoms with Crippen LogP contribution in [0.25, 0.3) is 11.0 Å². The molecule has 1 aromatic heterocycles. The van der Waals surface area contributed by atoms with Crippen LogP contribution in [0, 0.1) is 13.8 Å². The van der Waals surface area contributed by atoms with E-state index in [0.717, 1.165) is 66.9 Å². The quantitative estimate of drug-likeness (QED) is 0.448. The van der Waals surface area contributed by atoms with Crippen LogP contribution >= 0.6 is 0 Å². The molecule has 1 atom stereocenters. The lowest BCUT2D eigenvalue weighted by Crippen LogP contribution is -2.31. The summed E-state index contributed by atoms with van der Waals surface area (Å²) in [7, 11) is 0. The number of carbonyl (C=O) groups excluding carboxylic acids is 1. The van der Waals surface area contributed by atoms with Crippen LogP contribution in [0.15, 0.2) is 42.5 Å². The highest BCUT2D eigenvalue weighted by Crippen LogP contribution is 2.34. The van der Waals surface area contributed by atoms with Gasteiger partial charge in [-0.05, 0) is 75.8 Å². The first-order valence-electron chi connectivity index (χ1n) is 11.5. The Morgan fingerprint density at radius 3 is 2.84 bits per heavy atom. The van der Waals surface area contributed by atoms with Crippen LogP contribution < -0.4 is 4.74 Å². The third-order valence-electron chi connectivity index (χ3n) is 6.26. The van der Waals surface area contributed by atoms with Gasteiger partial charge in [-0.3, -0.25) is 4.79 Å². The van der Waals surface area contributed by atoms with E-state index < -0.39 is 0 Å². The van der Waals surface area contributed by atoms with Crippen molar-refractivity contribution in [3.05, 3.63) is 59.4 Å². The van der Waals surface area contributed by atoms with Crippen molar-refractivity contribution in [2.24, 2.45) is 0 Å². The number of benzene rings is 2. The Morgan fingerprint density at radius 2 is 2.00 bits per heavy atom. The van der Waals surface area contributed by atoms with Crippen LogP contribution in [0.1, 0.15) is 62.0 Å². The molecule has 1 unspecified atom stereocenters. The van der Waals surface area contributed by atoms with Crippen LogP contribution in [-0.4, -0.2) is 33.5 Å². The Bertz CT molecular complexity index is 1060. The molecular formula is C26H33N3O2. The molecule has 0 radical (unpaired) electrons. The van der Waals surface area contributed by atoms with Crippen molar-refractivity contribution in [2.75, 3.05) is 13.2 Å². The number of likely N-dealkylation sites (tertiary alicyclic amines) is 1. The van der Waals surface area contributed by atoms with E-state index in [1.165, 1.54) is 5.56 Å². The summed E-state index contributed by atoms with van der Waals surface area (Å²) >= 11 is 0. The monoisotopic (exact) mass is 419 g/mol. The molecule has 4 rings (SSSR count). The smallest absolute Gasteiger partial charge is 0.223 e. The summed E-state index contributed by atoms with van der Waals surface area (Å²) in [6, 6.07) is 14.6. The Hall–Kier alpha value is -2.82. The molecule has 2 aromatic carbocycles. The third-order valence-corrected chi connectivity index (χ3v) is 6.26. The molecule has 1 fully saturated rings. The zero-order valence-electron chi connectivity index (χ0n) is 18.9. The maximum Gasteiger partial charge on any atom is 0.223 e. The summed E-state index contributed by atoms with van der Waals surface area (Å²) in [6.07, 6.45) is 4.32. The molecule has 3 aromatic rings. The minimum atomic E-state index is 0.0889. The summed E-state index contributed by atoms with van der Waals surface area (Å²) in [4.78, 5) is 20.0. The molecule has 0 N–H and O–H groups in total. The summed E-state index contributed by atoms with van der Waals surface area (Å²) < 4.78 is 8.21. The number of hydrogen-bond acceptors (Lipinski definition) is 3. The van der Waals surface area contributed by atoms with E-state index in [2.05, 4.69) is 66.6 Å². The van der Waals surface area contributed by atoms with Crippen molar-refractivity contribution >= 4 is 16.9 Å². The average molecular weight is 420 g/mol. The van der Waals surface area contributed by atoms with E-state index in [4.69, 9.17) is 9.72 Å². The standard InChI is InChI=1S/C26H33N3O2/c1-4-28-22-11-6-5-10-21(22)27-26(28)23-12-9-16-29(23)25(30)13-7-8-17-31-24-18-19(2)14-15-20(24)3/h5-6,10-11,14-15,18,23H,4,7-9,12-13,16-17H2,1-3H3. The Labute approximate surface area is 185 Å². The summed E-state index contributed by atoms with van der Waals surface area (Å²) in [6.45, 7) is 8.63. The lowest BCUT2D eigenvalue weighted by molar-refractivity contribution is -0.132. The molecular weight excluding hydrogens is 386 g/mol. The number of hydrogen-bond donors (Lipinski definition) is 0. The Kier molecular flexibility index (Phi) is 6.59. The zero-order valence-corrected chi connectivity index (χ0v) is 18.9. The molecule has 5 nitrogen and oxygen atoms in total. The van der Waals surface area contributed by atoms with E-state index in [1.54, 1.807) is 0 Å². The van der Waals surface area contributed by atoms with Crippen molar-refractivity contribution < 1.29 is 9.53 Å². The van der Waals surface area contributed by atoms with Gasteiger partial charge in [-0.15, -0.1) is 0 Å². The predicted molar refractivity (Wildman–Crippen MR) is 124 cm³/mol. The van der Waals surface area contributed by atoms with Crippen LogP contribution in [0.2, 0.25) is 0 Å². The fraction of sp³-hybridized carbons (Fsp3) is 0.462. The van der Waals surface area contributed by atoms with Crippen molar-refractivity contribution in [3.8, 4) is 5.75 Å². The lowest BCUT2D eigenvalue weighted by Gasteiger charge is -2.25. The normalized spacial score (nSPS) is 16.2. The average Bonchev–Trinajstić information content (AvgIpc) is 3.39. The molecule has 0 bridgehead atoms. The van der Waals surface area contributed by atoms with Gasteiger partial charge >= 0.3 is 0 Å². The molecule has 5 heteroatoms. The number of amides is 1. The summed E-state index contributed by atoms with van der Waals surface area (Å²) in [5.74, 6) is 2.22. The van der Waals surface area contributed by atoms with Gasteiger partial charge in [0.05, 0.1) is 23.7 Å². The molecule has 0 spiro atoms. The van der Waals surface area contributed by atoms with Gasteiger partial charge in [0.15, 0.2) is 0 Å². The second-order valence-corrected chi connectivity index (χ2v) is 8.52. The number of unbranched alkanes of at least 4 members (excludes halogenated alkanes) is 1. The van der Waals surface area contributed by atoms with Gasteiger partial charge in [-0.25, -0.2) is 4.98 Å². The second kappa shape index (κ2) is 9.54. The highest BCUT2D eigenvalue weighted by molar-refractivity contribution is 5.78. The molecule has 0 saturated carbocycles. The fourth-order valence-electron chi connectivity index (χ4n) is 4.58. The van der Waals surface area contributed by atoms with Gasteiger partial charge in [0.1, 0.15) is 11.6 Å². The summed E-state index contributed by atoms with van der Waals surface area (Å²) in [5.41, 5.74) is 4.53. The molecule has 2 heterocycles. The van der Waals surface area contributed by atoms with Crippen LogP contribution in [0.4, 0.5) is 0 Å². The van der Waals surface area contributed by atoms with Crippen molar-refractivity contribution in [1.82, 2.24) is 14.5 Å². The minimum absolute atomic E-state index is 0.0889. The molecule has 1 aliphatic rings. The van der Waals surface area contributed by atoms with Gasteiger partial charge in [0, 0.05) is 19.5 Å². The van der Waals surface area contributed by atoms with Crippen LogP contribution in [-0.2, 0) is 11.3 Å². The van der Waals surface area contributed by atoms with E-state index in [9.17, 15) is 4.79 Å². The van der Waals surface area contributed by atoms with E-state index in [-0.39, 0.29) is 11.9 Å². The number of rotatable bonds is 8. The van der Waals surface area contributed by atoms with Gasteiger partial charge in [0.25, 0.3) is 0 Å². The molecule has 1 saturated heterocycles.